The number of hydrogen-bond acceptors (Lipinski definition) is 4. The number of para-hydroxylation sites is 2. The molecule has 8 heteroatoms. The first-order chi connectivity index (χ1) is 15.5. The first kappa shape index (κ1) is 19.6. The molecule has 0 unspecified atom stereocenters. The molecule has 0 saturated heterocycles. The number of fused-ring (bicyclic) bond motifs is 3. The first-order valence-electron chi connectivity index (χ1n) is 10.2. The van der Waals surface area contributed by atoms with E-state index in [9.17, 15) is 14.7 Å². The van der Waals surface area contributed by atoms with Crippen LogP contribution in [0.25, 0.3) is 28.7 Å². The van der Waals surface area contributed by atoms with Gasteiger partial charge in [-0.3, -0.25) is 22.9 Å². The smallest absolute Gasteiger partial charge is 0.332 e. The molecule has 0 bridgehead atoms. The van der Waals surface area contributed by atoms with Crippen LogP contribution in [0.15, 0.2) is 76.5 Å². The fourth-order valence-electron chi connectivity index (χ4n) is 3.98. The number of aromatic nitrogens is 5. The van der Waals surface area contributed by atoms with Crippen molar-refractivity contribution in [1.82, 2.24) is 23.1 Å². The highest BCUT2D eigenvalue weighted by Gasteiger charge is 2.21. The second kappa shape index (κ2) is 7.42. The lowest BCUT2D eigenvalue weighted by Crippen LogP contribution is -2.39. The maximum absolute atomic E-state index is 13.3. The highest BCUT2D eigenvalue weighted by atomic mass is 16.3. The van der Waals surface area contributed by atoms with Crippen molar-refractivity contribution in [3.63, 3.8) is 0 Å². The Morgan fingerprint density at radius 1 is 1.03 bits per heavy atom. The lowest BCUT2D eigenvalue weighted by Gasteiger charge is -2.07. The van der Waals surface area contributed by atoms with Gasteiger partial charge in [0.15, 0.2) is 11.2 Å². The molecular weight excluding hydrogens is 406 g/mol. The molecule has 8 nitrogen and oxygen atoms in total. The van der Waals surface area contributed by atoms with Crippen molar-refractivity contribution in [3.8, 4) is 11.4 Å². The average molecular weight is 427 g/mol. The van der Waals surface area contributed by atoms with Gasteiger partial charge in [-0.05, 0) is 24.6 Å². The van der Waals surface area contributed by atoms with Crippen LogP contribution in [-0.2, 0) is 13.6 Å². The normalized spacial score (nSPS) is 11.8. The first-order valence-corrected chi connectivity index (χ1v) is 10.2. The Morgan fingerprint density at radius 2 is 1.75 bits per heavy atom. The number of benzene rings is 2. The Bertz CT molecular complexity index is 1620. The summed E-state index contributed by atoms with van der Waals surface area (Å²) in [4.78, 5) is 30.8. The summed E-state index contributed by atoms with van der Waals surface area (Å²) in [7, 11) is 1.60. The fourth-order valence-corrected chi connectivity index (χ4v) is 3.98. The summed E-state index contributed by atoms with van der Waals surface area (Å²) >= 11 is 0. The number of imidazole rings is 2. The highest BCUT2D eigenvalue weighted by molar-refractivity contribution is 5.76. The molecule has 160 valence electrons. The van der Waals surface area contributed by atoms with Crippen molar-refractivity contribution >= 4 is 23.0 Å². The van der Waals surface area contributed by atoms with Gasteiger partial charge in [-0.25, -0.2) is 4.79 Å². The van der Waals surface area contributed by atoms with Crippen molar-refractivity contribution in [2.75, 3.05) is 0 Å². The number of phenols is 1. The summed E-state index contributed by atoms with van der Waals surface area (Å²) in [5, 5.41) is 10.3. The molecule has 0 atom stereocenters. The van der Waals surface area contributed by atoms with Gasteiger partial charge in [0.1, 0.15) is 5.75 Å². The van der Waals surface area contributed by atoms with Crippen LogP contribution in [0, 0.1) is 6.92 Å². The molecule has 0 aliphatic heterocycles. The Labute approximate surface area is 182 Å². The number of aromatic hydroxyl groups is 1. The summed E-state index contributed by atoms with van der Waals surface area (Å²) in [6, 6.07) is 16.6. The summed E-state index contributed by atoms with van der Waals surface area (Å²) < 4.78 is 6.02. The highest BCUT2D eigenvalue weighted by Crippen LogP contribution is 2.26. The number of hydrogen-bond donors (Lipinski definition) is 1. The van der Waals surface area contributed by atoms with Gasteiger partial charge < -0.3 is 5.11 Å². The second-order valence-corrected chi connectivity index (χ2v) is 7.62. The van der Waals surface area contributed by atoms with Gasteiger partial charge in [0, 0.05) is 25.5 Å². The van der Waals surface area contributed by atoms with Crippen LogP contribution in [0.1, 0.15) is 11.3 Å². The lowest BCUT2D eigenvalue weighted by atomic mass is 10.2. The van der Waals surface area contributed by atoms with Crippen LogP contribution in [0.2, 0.25) is 0 Å². The van der Waals surface area contributed by atoms with Gasteiger partial charge in [-0.2, -0.15) is 4.98 Å². The van der Waals surface area contributed by atoms with Gasteiger partial charge in [0.25, 0.3) is 5.56 Å². The number of rotatable bonds is 4. The monoisotopic (exact) mass is 427 g/mol. The molecule has 2 aromatic carbocycles. The molecule has 0 saturated carbocycles. The van der Waals surface area contributed by atoms with Crippen molar-refractivity contribution < 1.29 is 5.11 Å². The largest absolute Gasteiger partial charge is 0.506 e. The molecule has 0 aliphatic rings. The molecule has 0 spiro atoms. The minimum Gasteiger partial charge on any atom is -0.506 e. The van der Waals surface area contributed by atoms with Crippen LogP contribution >= 0.6 is 0 Å². The van der Waals surface area contributed by atoms with Gasteiger partial charge in [-0.1, -0.05) is 54.6 Å². The maximum Gasteiger partial charge on any atom is 0.332 e. The number of nitrogens with zero attached hydrogens (tertiary/aromatic N) is 5. The molecule has 1 N–H and O–H groups in total. The van der Waals surface area contributed by atoms with Gasteiger partial charge in [0.2, 0.25) is 5.78 Å². The van der Waals surface area contributed by atoms with E-state index in [1.54, 1.807) is 46.5 Å². The standard InChI is InChI=1S/C24H21N5O3/c1-16-15-28-20-21(25-23(28)29(16)18-12-6-7-13-19(18)30)26(2)24(32)27(22(20)31)14-8-11-17-9-4-3-5-10-17/h3-13,15,30H,14H2,1-2H3/b11-8-. The van der Waals surface area contributed by atoms with E-state index in [4.69, 9.17) is 0 Å². The van der Waals surface area contributed by atoms with E-state index in [0.29, 0.717) is 22.6 Å². The maximum atomic E-state index is 13.3. The quantitative estimate of drug-likeness (QED) is 0.478. The van der Waals surface area contributed by atoms with E-state index in [-0.39, 0.29) is 12.3 Å². The predicted molar refractivity (Wildman–Crippen MR) is 123 cm³/mol. The minimum atomic E-state index is -0.438. The SMILES string of the molecule is Cc1cn2c3c(=O)n(C/C=C\c4ccccc4)c(=O)n(C)c3nc2n1-c1ccccc1O. The number of allylic oxidation sites excluding steroid dienone is 1. The molecule has 5 aromatic rings. The lowest BCUT2D eigenvalue weighted by molar-refractivity contribution is 0.472. The van der Waals surface area contributed by atoms with E-state index in [1.165, 1.54) is 9.13 Å². The van der Waals surface area contributed by atoms with Crippen LogP contribution in [0.5, 0.6) is 5.75 Å². The zero-order valence-corrected chi connectivity index (χ0v) is 17.6. The van der Waals surface area contributed by atoms with E-state index >= 15 is 0 Å². The molecule has 3 heterocycles. The van der Waals surface area contributed by atoms with Crippen LogP contribution in [-0.4, -0.2) is 28.2 Å². The van der Waals surface area contributed by atoms with Crippen LogP contribution < -0.4 is 11.2 Å². The Kier molecular flexibility index (Phi) is 4.55. The van der Waals surface area contributed by atoms with Crippen molar-refractivity contribution in [3.05, 3.63) is 99.0 Å². The number of phenolic OH excluding ortho intramolecular Hbond substituents is 1. The van der Waals surface area contributed by atoms with Crippen molar-refractivity contribution in [2.45, 2.75) is 13.5 Å². The molecule has 3 aromatic heterocycles. The van der Waals surface area contributed by atoms with E-state index in [0.717, 1.165) is 11.3 Å². The van der Waals surface area contributed by atoms with E-state index in [2.05, 4.69) is 4.98 Å². The van der Waals surface area contributed by atoms with E-state index < -0.39 is 11.2 Å². The Balaban J connectivity index is 1.71. The van der Waals surface area contributed by atoms with Gasteiger partial charge in [-0.15, -0.1) is 0 Å². The third kappa shape index (κ3) is 2.96. The topological polar surface area (TPSA) is 86.5 Å². The molecule has 0 aliphatic carbocycles. The Hall–Kier alpha value is -4.33. The molecular formula is C24H21N5O3. The predicted octanol–water partition coefficient (Wildman–Crippen LogP) is 2.87. The summed E-state index contributed by atoms with van der Waals surface area (Å²) in [6.45, 7) is 2.01. The summed E-state index contributed by atoms with van der Waals surface area (Å²) in [6.07, 6.45) is 5.45. The Morgan fingerprint density at radius 3 is 2.50 bits per heavy atom. The second-order valence-electron chi connectivity index (χ2n) is 7.62. The molecule has 5 rings (SSSR count). The summed E-state index contributed by atoms with van der Waals surface area (Å²) in [5.74, 6) is 0.543. The van der Waals surface area contributed by atoms with Crippen molar-refractivity contribution in [2.24, 2.45) is 7.05 Å². The van der Waals surface area contributed by atoms with Gasteiger partial charge in [0.05, 0.1) is 5.69 Å². The third-order valence-corrected chi connectivity index (χ3v) is 5.55. The molecule has 32 heavy (non-hydrogen) atoms. The minimum absolute atomic E-state index is 0.0955. The van der Waals surface area contributed by atoms with Crippen LogP contribution in [0.3, 0.4) is 0 Å². The molecule has 0 fully saturated rings. The van der Waals surface area contributed by atoms with E-state index in [1.807, 2.05) is 49.4 Å². The van der Waals surface area contributed by atoms with Crippen LogP contribution in [0.4, 0.5) is 0 Å². The number of aryl methyl sites for hydroxylation is 2. The third-order valence-electron chi connectivity index (χ3n) is 5.55. The zero-order chi connectivity index (χ0) is 22.4. The molecule has 0 radical (unpaired) electrons. The zero-order valence-electron chi connectivity index (χ0n) is 17.6. The van der Waals surface area contributed by atoms with Crippen molar-refractivity contribution in [1.29, 1.82) is 0 Å². The molecule has 0 amide bonds. The average Bonchev–Trinajstić information content (AvgIpc) is 3.30. The fraction of sp³-hybridized carbons (Fsp3) is 0.125. The van der Waals surface area contributed by atoms with Gasteiger partial charge >= 0.3 is 5.69 Å². The summed E-state index contributed by atoms with van der Waals surface area (Å²) in [5.41, 5.74) is 2.08.